The smallest absolute Gasteiger partial charge is 0.185 e. The third-order valence-electron chi connectivity index (χ3n) is 2.98. The van der Waals surface area contributed by atoms with Crippen LogP contribution in [0, 0.1) is 12.7 Å². The second-order valence-electron chi connectivity index (χ2n) is 4.43. The van der Waals surface area contributed by atoms with Crippen LogP contribution in [0.2, 0.25) is 0 Å². The van der Waals surface area contributed by atoms with E-state index < -0.39 is 0 Å². The Morgan fingerprint density at radius 2 is 1.85 bits per heavy atom. The molecule has 102 valence electrons. The van der Waals surface area contributed by atoms with Crippen molar-refractivity contribution >= 4 is 11.9 Å². The molecule has 0 heterocycles. The number of aryl methyl sites for hydroxylation is 1. The molecule has 0 aliphatic heterocycles. The Bertz CT molecular complexity index is 643. The van der Waals surface area contributed by atoms with Crippen LogP contribution in [-0.2, 0) is 0 Å². The highest BCUT2D eigenvalue weighted by atomic mass is 19.1. The van der Waals surface area contributed by atoms with E-state index in [4.69, 9.17) is 4.74 Å². The van der Waals surface area contributed by atoms with Crippen LogP contribution in [-0.4, -0.2) is 12.9 Å². The van der Waals surface area contributed by atoms with Gasteiger partial charge in [-0.05, 0) is 54.5 Å². The van der Waals surface area contributed by atoms with Crippen molar-refractivity contribution < 1.29 is 13.9 Å². The van der Waals surface area contributed by atoms with Gasteiger partial charge < -0.3 is 4.74 Å². The van der Waals surface area contributed by atoms with E-state index in [9.17, 15) is 9.18 Å². The Labute approximate surface area is 117 Å². The number of allylic oxidation sites excluding steroid dienone is 1. The number of hydrogen-bond donors (Lipinski definition) is 0. The van der Waals surface area contributed by atoms with E-state index in [-0.39, 0.29) is 11.6 Å². The summed E-state index contributed by atoms with van der Waals surface area (Å²) in [5.41, 5.74) is 2.29. The third-order valence-corrected chi connectivity index (χ3v) is 2.98. The Balaban J connectivity index is 2.15. The van der Waals surface area contributed by atoms with E-state index in [1.54, 1.807) is 43.5 Å². The van der Waals surface area contributed by atoms with Crippen LogP contribution in [0.3, 0.4) is 0 Å². The lowest BCUT2D eigenvalue weighted by Gasteiger charge is -2.05. The van der Waals surface area contributed by atoms with Gasteiger partial charge in [0.05, 0.1) is 7.11 Å². The van der Waals surface area contributed by atoms with Crippen molar-refractivity contribution in [1.29, 1.82) is 0 Å². The molecule has 0 unspecified atom stereocenters. The maximum Gasteiger partial charge on any atom is 0.185 e. The van der Waals surface area contributed by atoms with Gasteiger partial charge in [0.1, 0.15) is 11.6 Å². The predicted octanol–water partition coefficient (Wildman–Crippen LogP) is 4.04. The first-order valence-corrected chi connectivity index (χ1v) is 6.23. The average molecular weight is 270 g/mol. The zero-order valence-corrected chi connectivity index (χ0v) is 11.4. The van der Waals surface area contributed by atoms with Gasteiger partial charge in [-0.1, -0.05) is 18.2 Å². The normalized spacial score (nSPS) is 10.8. The van der Waals surface area contributed by atoms with Gasteiger partial charge in [-0.15, -0.1) is 0 Å². The molecule has 0 spiro atoms. The van der Waals surface area contributed by atoms with Crippen molar-refractivity contribution in [2.75, 3.05) is 7.11 Å². The molecule has 0 N–H and O–H groups in total. The van der Waals surface area contributed by atoms with Gasteiger partial charge in [-0.3, -0.25) is 4.79 Å². The van der Waals surface area contributed by atoms with E-state index in [1.807, 2.05) is 6.92 Å². The number of hydrogen-bond acceptors (Lipinski definition) is 2. The molecule has 3 heteroatoms. The van der Waals surface area contributed by atoms with Crippen LogP contribution < -0.4 is 4.74 Å². The zero-order valence-electron chi connectivity index (χ0n) is 11.4. The first-order chi connectivity index (χ1) is 9.60. The van der Waals surface area contributed by atoms with E-state index >= 15 is 0 Å². The van der Waals surface area contributed by atoms with Gasteiger partial charge in [-0.2, -0.15) is 0 Å². The highest BCUT2D eigenvalue weighted by Gasteiger charge is 2.05. The summed E-state index contributed by atoms with van der Waals surface area (Å²) in [4.78, 5) is 12.0. The monoisotopic (exact) mass is 270 g/mol. The largest absolute Gasteiger partial charge is 0.496 e. The van der Waals surface area contributed by atoms with Gasteiger partial charge in [0.25, 0.3) is 0 Å². The van der Waals surface area contributed by atoms with Crippen LogP contribution in [0.1, 0.15) is 21.5 Å². The lowest BCUT2D eigenvalue weighted by Crippen LogP contribution is -1.96. The molecule has 0 saturated carbocycles. The van der Waals surface area contributed by atoms with Gasteiger partial charge in [0.15, 0.2) is 5.78 Å². The minimum atomic E-state index is -0.292. The lowest BCUT2D eigenvalue weighted by atomic mass is 10.1. The summed E-state index contributed by atoms with van der Waals surface area (Å²) in [6, 6.07) is 11.3. The fraction of sp³-hybridized carbons (Fsp3) is 0.118. The van der Waals surface area contributed by atoms with Crippen molar-refractivity contribution in [1.82, 2.24) is 0 Å². The summed E-state index contributed by atoms with van der Waals surface area (Å²) in [6.07, 6.45) is 3.15. The van der Waals surface area contributed by atoms with Crippen molar-refractivity contribution in [3.8, 4) is 5.75 Å². The van der Waals surface area contributed by atoms with E-state index in [2.05, 4.69) is 0 Å². The summed E-state index contributed by atoms with van der Waals surface area (Å²) < 4.78 is 17.9. The Morgan fingerprint density at radius 3 is 2.45 bits per heavy atom. The van der Waals surface area contributed by atoms with Crippen molar-refractivity contribution in [2.45, 2.75) is 6.92 Å². The Hall–Kier alpha value is -2.42. The van der Waals surface area contributed by atoms with Crippen molar-refractivity contribution in [3.05, 3.63) is 71.0 Å². The molecule has 0 aromatic heterocycles. The number of benzene rings is 2. The summed E-state index contributed by atoms with van der Waals surface area (Å²) in [5.74, 6) is 0.364. The number of halogens is 1. The quantitative estimate of drug-likeness (QED) is 0.619. The molecule has 0 aliphatic rings. The first-order valence-electron chi connectivity index (χ1n) is 6.23. The molecule has 0 bridgehead atoms. The number of ether oxygens (including phenoxy) is 1. The maximum atomic E-state index is 12.8. The van der Waals surface area contributed by atoms with Gasteiger partial charge in [0, 0.05) is 5.56 Å². The van der Waals surface area contributed by atoms with Crippen LogP contribution in [0.4, 0.5) is 4.39 Å². The molecule has 0 saturated heterocycles. The summed E-state index contributed by atoms with van der Waals surface area (Å²) in [7, 11) is 1.60. The molecule has 2 nitrogen and oxygen atoms in total. The summed E-state index contributed by atoms with van der Waals surface area (Å²) in [6.45, 7) is 1.89. The van der Waals surface area contributed by atoms with E-state index in [1.165, 1.54) is 18.2 Å². The summed E-state index contributed by atoms with van der Waals surface area (Å²) in [5, 5.41) is 0. The fourth-order valence-corrected chi connectivity index (χ4v) is 1.87. The third kappa shape index (κ3) is 3.32. The topological polar surface area (TPSA) is 26.3 Å². The number of ketones is 1. The predicted molar refractivity (Wildman–Crippen MR) is 77.5 cm³/mol. The molecular formula is C17H15FO2. The highest BCUT2D eigenvalue weighted by molar-refractivity contribution is 6.07. The van der Waals surface area contributed by atoms with Crippen molar-refractivity contribution in [2.24, 2.45) is 0 Å². The van der Waals surface area contributed by atoms with Crippen molar-refractivity contribution in [3.63, 3.8) is 0 Å². The molecule has 0 amide bonds. The molecule has 0 radical (unpaired) electrons. The Morgan fingerprint density at radius 1 is 1.15 bits per heavy atom. The van der Waals surface area contributed by atoms with Crippen LogP contribution >= 0.6 is 0 Å². The molecular weight excluding hydrogens is 255 g/mol. The fourth-order valence-electron chi connectivity index (χ4n) is 1.87. The van der Waals surface area contributed by atoms with Crippen LogP contribution in [0.5, 0.6) is 5.75 Å². The minimum absolute atomic E-state index is 0.0971. The molecule has 0 aliphatic carbocycles. The van der Waals surface area contributed by atoms with Gasteiger partial charge >= 0.3 is 0 Å². The van der Waals surface area contributed by atoms with Gasteiger partial charge in [0.2, 0.25) is 0 Å². The highest BCUT2D eigenvalue weighted by Crippen LogP contribution is 2.19. The first kappa shape index (κ1) is 14.0. The summed E-state index contributed by atoms with van der Waals surface area (Å²) >= 11 is 0. The molecule has 20 heavy (non-hydrogen) atoms. The second kappa shape index (κ2) is 6.15. The number of methoxy groups -OCH3 is 1. The zero-order chi connectivity index (χ0) is 14.5. The van der Waals surface area contributed by atoms with E-state index in [0.29, 0.717) is 5.56 Å². The molecule has 2 aromatic rings. The SMILES string of the molecule is COc1ccc(C(=O)/C=C/c2ccc(F)cc2)cc1C. The molecule has 0 fully saturated rings. The van der Waals surface area contributed by atoms with Gasteiger partial charge in [-0.25, -0.2) is 4.39 Å². The number of carbonyl (C=O) groups is 1. The minimum Gasteiger partial charge on any atom is -0.496 e. The molecule has 0 atom stereocenters. The standard InChI is InChI=1S/C17H15FO2/c1-12-11-14(6-10-17(12)20-2)16(19)9-5-13-3-7-15(18)8-4-13/h3-11H,1-2H3/b9-5+. The molecule has 2 rings (SSSR count). The average Bonchev–Trinajstić information content (AvgIpc) is 2.46. The second-order valence-corrected chi connectivity index (χ2v) is 4.43. The van der Waals surface area contributed by atoms with Crippen LogP contribution in [0.15, 0.2) is 48.5 Å². The van der Waals surface area contributed by atoms with E-state index in [0.717, 1.165) is 16.9 Å². The molecule has 2 aromatic carbocycles. The lowest BCUT2D eigenvalue weighted by molar-refractivity contribution is 0.104. The number of rotatable bonds is 4. The van der Waals surface area contributed by atoms with Crippen LogP contribution in [0.25, 0.3) is 6.08 Å². The maximum absolute atomic E-state index is 12.8. The Kier molecular flexibility index (Phi) is 4.31. The number of carbonyl (C=O) groups excluding carboxylic acids is 1.